The number of hydrogen-bond donors (Lipinski definition) is 0. The largest absolute Gasteiger partial charge is 0.302 e. The van der Waals surface area contributed by atoms with Crippen molar-refractivity contribution in [3.05, 3.63) is 41.7 Å². The number of nitrogens with zero attached hydrogens (tertiary/aromatic N) is 3. The Morgan fingerprint density at radius 1 is 1.19 bits per heavy atom. The second kappa shape index (κ2) is 6.52. The average Bonchev–Trinajstić information content (AvgIpc) is 2.97. The van der Waals surface area contributed by atoms with E-state index in [1.807, 2.05) is 4.57 Å². The first-order valence-electron chi connectivity index (χ1n) is 7.54. The highest BCUT2D eigenvalue weighted by molar-refractivity contribution is 7.84. The van der Waals surface area contributed by atoms with E-state index in [2.05, 4.69) is 34.5 Å². The molecule has 1 aliphatic rings. The maximum atomic E-state index is 11.6. The van der Waals surface area contributed by atoms with Gasteiger partial charge in [-0.3, -0.25) is 4.21 Å². The van der Waals surface area contributed by atoms with Crippen molar-refractivity contribution in [1.29, 1.82) is 0 Å². The Balaban J connectivity index is 1.72. The summed E-state index contributed by atoms with van der Waals surface area (Å²) in [5.74, 6) is 0.737. The smallest absolute Gasteiger partial charge is 0.221 e. The minimum absolute atomic E-state index is 0.534. The first-order chi connectivity index (χ1) is 10.2. The summed E-state index contributed by atoms with van der Waals surface area (Å²) >= 11 is 0. The minimum Gasteiger partial charge on any atom is -0.302 e. The van der Waals surface area contributed by atoms with Crippen LogP contribution in [-0.4, -0.2) is 25.2 Å². The van der Waals surface area contributed by atoms with E-state index in [1.165, 1.54) is 43.2 Å². The first kappa shape index (κ1) is 14.4. The standard InChI is InChI=1S/C16H21N3OS/c1-21(20)16-18-17-12-19(16)11-13-7-9-15(10-8-13)14-5-3-2-4-6-14/h7-10,12,14H,2-6,11H2,1H3/t21-/m1/s1. The molecule has 1 fully saturated rings. The zero-order valence-electron chi connectivity index (χ0n) is 12.4. The Morgan fingerprint density at radius 2 is 1.90 bits per heavy atom. The van der Waals surface area contributed by atoms with E-state index in [0.29, 0.717) is 11.7 Å². The number of benzene rings is 1. The van der Waals surface area contributed by atoms with Gasteiger partial charge in [0.25, 0.3) is 0 Å². The fourth-order valence-corrected chi connectivity index (χ4v) is 3.71. The molecule has 1 aromatic heterocycles. The van der Waals surface area contributed by atoms with Gasteiger partial charge in [-0.2, -0.15) is 0 Å². The summed E-state index contributed by atoms with van der Waals surface area (Å²) < 4.78 is 13.4. The van der Waals surface area contributed by atoms with Crippen molar-refractivity contribution >= 4 is 10.8 Å². The third kappa shape index (κ3) is 3.40. The Labute approximate surface area is 128 Å². The molecule has 4 nitrogen and oxygen atoms in total. The van der Waals surface area contributed by atoms with Crippen molar-refractivity contribution in [2.75, 3.05) is 6.26 Å². The SMILES string of the molecule is C[S@@](=O)c1nncn1Cc1ccc(C2CCCCC2)cc1. The molecule has 2 aromatic rings. The van der Waals surface area contributed by atoms with Gasteiger partial charge in [-0.05, 0) is 29.9 Å². The molecular formula is C16H21N3OS. The number of rotatable bonds is 4. The highest BCUT2D eigenvalue weighted by Gasteiger charge is 2.15. The summed E-state index contributed by atoms with van der Waals surface area (Å²) in [5, 5.41) is 8.30. The van der Waals surface area contributed by atoms with Crippen LogP contribution in [0.1, 0.15) is 49.1 Å². The lowest BCUT2D eigenvalue weighted by Crippen LogP contribution is -2.07. The second-order valence-electron chi connectivity index (χ2n) is 5.77. The van der Waals surface area contributed by atoms with E-state index >= 15 is 0 Å². The molecule has 0 radical (unpaired) electrons. The van der Waals surface area contributed by atoms with E-state index in [-0.39, 0.29) is 0 Å². The summed E-state index contributed by atoms with van der Waals surface area (Å²) in [6.45, 7) is 0.673. The molecule has 1 heterocycles. The van der Waals surface area contributed by atoms with Crippen molar-refractivity contribution in [3.8, 4) is 0 Å². The Kier molecular flexibility index (Phi) is 4.48. The summed E-state index contributed by atoms with van der Waals surface area (Å²) in [6.07, 6.45) is 10.0. The second-order valence-corrected chi connectivity index (χ2v) is 7.05. The molecule has 1 saturated carbocycles. The van der Waals surface area contributed by atoms with Gasteiger partial charge in [0, 0.05) is 6.26 Å². The maximum absolute atomic E-state index is 11.6. The predicted octanol–water partition coefficient (Wildman–Crippen LogP) is 3.11. The van der Waals surface area contributed by atoms with Gasteiger partial charge in [-0.15, -0.1) is 10.2 Å². The molecule has 1 aromatic carbocycles. The van der Waals surface area contributed by atoms with E-state index in [0.717, 1.165) is 5.92 Å². The normalized spacial score (nSPS) is 17.8. The van der Waals surface area contributed by atoms with Crippen LogP contribution in [0.25, 0.3) is 0 Å². The lowest BCUT2D eigenvalue weighted by atomic mass is 9.84. The van der Waals surface area contributed by atoms with Crippen LogP contribution >= 0.6 is 0 Å². The van der Waals surface area contributed by atoms with E-state index in [1.54, 1.807) is 12.6 Å². The van der Waals surface area contributed by atoms with Gasteiger partial charge in [0.05, 0.1) is 17.3 Å². The molecular weight excluding hydrogens is 282 g/mol. The molecule has 21 heavy (non-hydrogen) atoms. The van der Waals surface area contributed by atoms with Crippen molar-refractivity contribution in [2.24, 2.45) is 0 Å². The fraction of sp³-hybridized carbons (Fsp3) is 0.500. The molecule has 0 bridgehead atoms. The van der Waals surface area contributed by atoms with Gasteiger partial charge in [0.15, 0.2) is 0 Å². The first-order valence-corrected chi connectivity index (χ1v) is 9.10. The van der Waals surface area contributed by atoms with Crippen LogP contribution < -0.4 is 0 Å². The lowest BCUT2D eigenvalue weighted by molar-refractivity contribution is 0.443. The third-order valence-corrected chi connectivity index (χ3v) is 5.08. The topological polar surface area (TPSA) is 47.8 Å². The van der Waals surface area contributed by atoms with Crippen LogP contribution in [0.15, 0.2) is 35.7 Å². The van der Waals surface area contributed by atoms with Gasteiger partial charge in [0.1, 0.15) is 6.33 Å². The van der Waals surface area contributed by atoms with Gasteiger partial charge in [-0.25, -0.2) is 0 Å². The quantitative estimate of drug-likeness (QED) is 0.872. The zero-order valence-corrected chi connectivity index (χ0v) is 13.2. The number of hydrogen-bond acceptors (Lipinski definition) is 3. The molecule has 3 rings (SSSR count). The monoisotopic (exact) mass is 303 g/mol. The molecule has 0 spiro atoms. The van der Waals surface area contributed by atoms with Crippen molar-refractivity contribution in [2.45, 2.75) is 49.7 Å². The fourth-order valence-electron chi connectivity index (χ4n) is 3.10. The average molecular weight is 303 g/mol. The lowest BCUT2D eigenvalue weighted by Gasteiger charge is -2.22. The summed E-state index contributed by atoms with van der Waals surface area (Å²) in [5.41, 5.74) is 2.66. The van der Waals surface area contributed by atoms with Gasteiger partial charge < -0.3 is 4.57 Å². The van der Waals surface area contributed by atoms with Crippen LogP contribution in [-0.2, 0) is 17.3 Å². The van der Waals surface area contributed by atoms with Crippen LogP contribution in [0.2, 0.25) is 0 Å². The molecule has 0 unspecified atom stereocenters. The summed E-state index contributed by atoms with van der Waals surface area (Å²) in [7, 11) is -1.10. The number of aromatic nitrogens is 3. The van der Waals surface area contributed by atoms with Gasteiger partial charge in [-0.1, -0.05) is 43.5 Å². The van der Waals surface area contributed by atoms with Crippen LogP contribution in [0, 0.1) is 0 Å². The predicted molar refractivity (Wildman–Crippen MR) is 83.7 cm³/mol. The van der Waals surface area contributed by atoms with Crippen molar-refractivity contribution in [1.82, 2.24) is 14.8 Å². The third-order valence-electron chi connectivity index (χ3n) is 4.25. The molecule has 0 N–H and O–H groups in total. The van der Waals surface area contributed by atoms with E-state index in [4.69, 9.17) is 0 Å². The van der Waals surface area contributed by atoms with Gasteiger partial charge in [0.2, 0.25) is 5.16 Å². The molecule has 0 saturated heterocycles. The Morgan fingerprint density at radius 3 is 2.57 bits per heavy atom. The molecule has 112 valence electrons. The van der Waals surface area contributed by atoms with E-state index in [9.17, 15) is 4.21 Å². The Bertz CT molecular complexity index is 615. The van der Waals surface area contributed by atoms with E-state index < -0.39 is 10.8 Å². The minimum atomic E-state index is -1.10. The molecule has 1 aliphatic carbocycles. The van der Waals surface area contributed by atoms with Crippen LogP contribution in [0.4, 0.5) is 0 Å². The van der Waals surface area contributed by atoms with Crippen LogP contribution in [0.5, 0.6) is 0 Å². The maximum Gasteiger partial charge on any atom is 0.221 e. The highest BCUT2D eigenvalue weighted by Crippen LogP contribution is 2.32. The Hall–Kier alpha value is -1.49. The van der Waals surface area contributed by atoms with Crippen molar-refractivity contribution in [3.63, 3.8) is 0 Å². The molecule has 1 atom stereocenters. The van der Waals surface area contributed by atoms with Crippen molar-refractivity contribution < 1.29 is 4.21 Å². The van der Waals surface area contributed by atoms with Gasteiger partial charge >= 0.3 is 0 Å². The molecule has 0 amide bonds. The summed E-state index contributed by atoms with van der Waals surface area (Å²) in [6, 6.07) is 8.84. The zero-order chi connectivity index (χ0) is 14.7. The summed E-state index contributed by atoms with van der Waals surface area (Å²) in [4.78, 5) is 0. The molecule has 5 heteroatoms. The van der Waals surface area contributed by atoms with Crippen LogP contribution in [0.3, 0.4) is 0 Å². The molecule has 0 aliphatic heterocycles. The highest BCUT2D eigenvalue weighted by atomic mass is 32.2.